The van der Waals surface area contributed by atoms with Crippen LogP contribution in [0.1, 0.15) is 12.8 Å². The van der Waals surface area contributed by atoms with Gasteiger partial charge in [-0.15, -0.1) is 0 Å². The maximum Gasteiger partial charge on any atom is 0.325 e. The zero-order valence-electron chi connectivity index (χ0n) is 8.88. The minimum atomic E-state index is -3.76. The fourth-order valence-corrected chi connectivity index (χ4v) is 1.99. The fourth-order valence-electron chi connectivity index (χ4n) is 1.55. The van der Waals surface area contributed by atoms with Crippen LogP contribution in [-0.4, -0.2) is 44.7 Å². The van der Waals surface area contributed by atoms with Gasteiger partial charge in [-0.25, -0.2) is 4.79 Å². The number of nitrogens with zero attached hydrogens (tertiary/aromatic N) is 1. The fraction of sp³-hybridized carbons (Fsp3) is 0.750. The molecule has 0 bridgehead atoms. The van der Waals surface area contributed by atoms with Gasteiger partial charge in [0.25, 0.3) is 0 Å². The van der Waals surface area contributed by atoms with E-state index in [-0.39, 0.29) is 0 Å². The minimum absolute atomic E-state index is 0.346. The number of hydrogen-bond donors (Lipinski definition) is 1. The van der Waals surface area contributed by atoms with Crippen molar-refractivity contribution in [2.45, 2.75) is 12.8 Å². The molecule has 0 spiro atoms. The molecule has 0 aliphatic carbocycles. The van der Waals surface area contributed by atoms with Crippen LogP contribution in [0.2, 0.25) is 0 Å². The Bertz CT molecular complexity index is 383. The number of carbonyl (C=O) groups is 2. The third kappa shape index (κ3) is 3.69. The van der Waals surface area contributed by atoms with E-state index in [1.165, 1.54) is 4.90 Å². The summed E-state index contributed by atoms with van der Waals surface area (Å²) < 4.78 is 25.7. The van der Waals surface area contributed by atoms with E-state index in [1.54, 1.807) is 0 Å². The number of urea groups is 1. The van der Waals surface area contributed by atoms with Crippen LogP contribution < -0.4 is 5.73 Å². The third-order valence-electron chi connectivity index (χ3n) is 2.37. The van der Waals surface area contributed by atoms with Gasteiger partial charge >= 0.3 is 22.1 Å². The molecule has 1 aliphatic rings. The van der Waals surface area contributed by atoms with Crippen LogP contribution in [0.3, 0.4) is 0 Å². The monoisotopic (exact) mass is 250 g/mol. The molecule has 7 nitrogen and oxygen atoms in total. The number of carbonyl (C=O) groups excluding carboxylic acids is 2. The van der Waals surface area contributed by atoms with Crippen molar-refractivity contribution in [3.05, 3.63) is 0 Å². The summed E-state index contributed by atoms with van der Waals surface area (Å²) in [6.07, 6.45) is 1.57. The van der Waals surface area contributed by atoms with Crippen LogP contribution in [-0.2, 0) is 19.1 Å². The van der Waals surface area contributed by atoms with Gasteiger partial charge in [-0.1, -0.05) is 0 Å². The molecule has 2 amide bonds. The number of nitrogens with two attached hydrogens (primary N) is 1. The van der Waals surface area contributed by atoms with E-state index in [0.717, 1.165) is 6.26 Å². The molecule has 1 aliphatic heterocycles. The summed E-state index contributed by atoms with van der Waals surface area (Å²) >= 11 is 0. The third-order valence-corrected chi connectivity index (χ3v) is 2.84. The molecule has 2 N–H and O–H groups in total. The van der Waals surface area contributed by atoms with Crippen molar-refractivity contribution in [1.82, 2.24) is 4.90 Å². The number of piperidine rings is 1. The Morgan fingerprint density at radius 3 is 2.19 bits per heavy atom. The van der Waals surface area contributed by atoms with Crippen molar-refractivity contribution < 1.29 is 22.2 Å². The standard InChI is InChI=1S/C8H14N2O5S/c1-16(13,14)15-7(11)6-2-4-10(5-3-6)8(9)12/h6H,2-5H2,1H3,(H2,9,12). The maximum absolute atomic E-state index is 11.4. The summed E-state index contributed by atoms with van der Waals surface area (Å²) in [6, 6.07) is -0.532. The predicted octanol–water partition coefficient (Wildman–Crippen LogP) is -0.720. The van der Waals surface area contributed by atoms with Crippen molar-refractivity contribution in [1.29, 1.82) is 0 Å². The van der Waals surface area contributed by atoms with E-state index in [0.29, 0.717) is 25.9 Å². The van der Waals surface area contributed by atoms with Gasteiger partial charge in [0, 0.05) is 13.1 Å². The van der Waals surface area contributed by atoms with Crippen LogP contribution in [0.15, 0.2) is 0 Å². The Morgan fingerprint density at radius 1 is 1.31 bits per heavy atom. The molecule has 1 fully saturated rings. The molecule has 16 heavy (non-hydrogen) atoms. The number of primary amides is 1. The van der Waals surface area contributed by atoms with Gasteiger partial charge in [0.15, 0.2) is 0 Å². The van der Waals surface area contributed by atoms with Crippen molar-refractivity contribution in [2.24, 2.45) is 11.7 Å². The second kappa shape index (κ2) is 4.69. The molecule has 0 aromatic heterocycles. The summed E-state index contributed by atoms with van der Waals surface area (Å²) in [5, 5.41) is 0. The molecular formula is C8H14N2O5S. The molecule has 1 heterocycles. The lowest BCUT2D eigenvalue weighted by molar-refractivity contribution is -0.139. The summed E-state index contributed by atoms with van der Waals surface area (Å²) in [6.45, 7) is 0.692. The molecule has 8 heteroatoms. The molecule has 0 aromatic rings. The lowest BCUT2D eigenvalue weighted by Gasteiger charge is -2.29. The van der Waals surface area contributed by atoms with Gasteiger partial charge in [-0.3, -0.25) is 4.79 Å². The quantitative estimate of drug-likeness (QED) is 0.651. The second-order valence-electron chi connectivity index (χ2n) is 3.71. The second-order valence-corrected chi connectivity index (χ2v) is 5.28. The molecule has 0 aromatic carbocycles. The van der Waals surface area contributed by atoms with Crippen molar-refractivity contribution in [3.63, 3.8) is 0 Å². The highest BCUT2D eigenvalue weighted by atomic mass is 32.2. The molecule has 0 atom stereocenters. The Kier molecular flexibility index (Phi) is 3.74. The topological polar surface area (TPSA) is 107 Å². The van der Waals surface area contributed by atoms with Crippen LogP contribution >= 0.6 is 0 Å². The molecule has 0 radical (unpaired) electrons. The highest BCUT2D eigenvalue weighted by molar-refractivity contribution is 7.86. The summed E-state index contributed by atoms with van der Waals surface area (Å²) in [5.41, 5.74) is 5.07. The van der Waals surface area contributed by atoms with Gasteiger partial charge in [0.2, 0.25) is 0 Å². The zero-order chi connectivity index (χ0) is 12.3. The number of likely N-dealkylation sites (tertiary alicyclic amines) is 1. The Hall–Kier alpha value is -1.31. The Labute approximate surface area is 93.7 Å². The molecule has 1 rings (SSSR count). The van der Waals surface area contributed by atoms with E-state index < -0.39 is 28.0 Å². The minimum Gasteiger partial charge on any atom is -0.351 e. The van der Waals surface area contributed by atoms with Gasteiger partial charge in [-0.2, -0.15) is 8.42 Å². The van der Waals surface area contributed by atoms with Crippen molar-refractivity contribution in [3.8, 4) is 0 Å². The summed E-state index contributed by atoms with van der Waals surface area (Å²) in [4.78, 5) is 23.6. The largest absolute Gasteiger partial charge is 0.351 e. The number of hydrogen-bond acceptors (Lipinski definition) is 5. The molecule has 1 saturated heterocycles. The van der Waals surface area contributed by atoms with Crippen LogP contribution in [0, 0.1) is 5.92 Å². The normalized spacial score (nSPS) is 18.2. The number of rotatable bonds is 2. The predicted molar refractivity (Wildman–Crippen MR) is 54.8 cm³/mol. The molecular weight excluding hydrogens is 236 g/mol. The van der Waals surface area contributed by atoms with Crippen LogP contribution in [0.5, 0.6) is 0 Å². The average Bonchev–Trinajstić information content (AvgIpc) is 2.15. The van der Waals surface area contributed by atoms with Crippen molar-refractivity contribution >= 4 is 22.1 Å². The van der Waals surface area contributed by atoms with Crippen LogP contribution in [0.25, 0.3) is 0 Å². The van der Waals surface area contributed by atoms with Crippen LogP contribution in [0.4, 0.5) is 4.79 Å². The van der Waals surface area contributed by atoms with Gasteiger partial charge in [-0.05, 0) is 12.8 Å². The lowest BCUT2D eigenvalue weighted by Crippen LogP contribution is -2.43. The number of amides is 2. The van der Waals surface area contributed by atoms with Gasteiger partial charge < -0.3 is 14.8 Å². The summed E-state index contributed by atoms with van der Waals surface area (Å²) in [7, 11) is -3.76. The van der Waals surface area contributed by atoms with Gasteiger partial charge in [0.05, 0.1) is 12.2 Å². The average molecular weight is 250 g/mol. The first-order valence-corrected chi connectivity index (χ1v) is 6.59. The highest BCUT2D eigenvalue weighted by Gasteiger charge is 2.29. The van der Waals surface area contributed by atoms with E-state index >= 15 is 0 Å². The molecule has 0 unspecified atom stereocenters. The SMILES string of the molecule is CS(=O)(=O)OC(=O)C1CCN(C(N)=O)CC1. The van der Waals surface area contributed by atoms with E-state index in [1.807, 2.05) is 0 Å². The van der Waals surface area contributed by atoms with E-state index in [4.69, 9.17) is 5.73 Å². The summed E-state index contributed by atoms with van der Waals surface area (Å²) in [5.74, 6) is -1.24. The Morgan fingerprint density at radius 2 is 1.81 bits per heavy atom. The highest BCUT2D eigenvalue weighted by Crippen LogP contribution is 2.18. The first-order chi connectivity index (χ1) is 7.29. The first kappa shape index (κ1) is 12.8. The molecule has 0 saturated carbocycles. The first-order valence-electron chi connectivity index (χ1n) is 4.77. The van der Waals surface area contributed by atoms with Gasteiger partial charge in [0.1, 0.15) is 0 Å². The van der Waals surface area contributed by atoms with Crippen molar-refractivity contribution in [2.75, 3.05) is 19.3 Å². The smallest absolute Gasteiger partial charge is 0.325 e. The lowest BCUT2D eigenvalue weighted by atomic mass is 9.97. The zero-order valence-corrected chi connectivity index (χ0v) is 9.70. The van der Waals surface area contributed by atoms with E-state index in [2.05, 4.69) is 4.18 Å². The molecule has 92 valence electrons. The Balaban J connectivity index is 2.48. The maximum atomic E-state index is 11.4. The van der Waals surface area contributed by atoms with E-state index in [9.17, 15) is 18.0 Å².